The normalized spacial score (nSPS) is 33.3. The number of morpholine rings is 1. The van der Waals surface area contributed by atoms with Crippen molar-refractivity contribution < 1.29 is 19.4 Å². The monoisotopic (exact) mass is 310 g/mol. The molecule has 6 nitrogen and oxygen atoms in total. The van der Waals surface area contributed by atoms with Crippen molar-refractivity contribution in [1.82, 2.24) is 9.80 Å². The Balaban J connectivity index is 1.64. The lowest BCUT2D eigenvalue weighted by Crippen LogP contribution is -2.56. The smallest absolute Gasteiger partial charge is 0.242 e. The number of nitrogens with zero attached hydrogens (tertiary/aromatic N) is 2. The van der Waals surface area contributed by atoms with Gasteiger partial charge >= 0.3 is 0 Å². The van der Waals surface area contributed by atoms with Crippen molar-refractivity contribution >= 4 is 11.8 Å². The van der Waals surface area contributed by atoms with Crippen molar-refractivity contribution in [2.75, 3.05) is 32.8 Å². The van der Waals surface area contributed by atoms with Crippen LogP contribution < -0.4 is 0 Å². The molecule has 1 N–H and O–H groups in total. The summed E-state index contributed by atoms with van der Waals surface area (Å²) in [4.78, 5) is 28.1. The molecule has 2 aliphatic heterocycles. The van der Waals surface area contributed by atoms with E-state index < -0.39 is 0 Å². The predicted molar refractivity (Wildman–Crippen MR) is 80.1 cm³/mol. The van der Waals surface area contributed by atoms with Gasteiger partial charge in [0.15, 0.2) is 0 Å². The van der Waals surface area contributed by atoms with Crippen LogP contribution in [0, 0.1) is 5.92 Å². The van der Waals surface area contributed by atoms with Gasteiger partial charge in [0.2, 0.25) is 11.8 Å². The molecule has 0 aromatic rings. The van der Waals surface area contributed by atoms with E-state index in [2.05, 4.69) is 0 Å². The molecule has 0 unspecified atom stereocenters. The topological polar surface area (TPSA) is 70.1 Å². The molecule has 3 rings (SSSR count). The van der Waals surface area contributed by atoms with Gasteiger partial charge in [0.25, 0.3) is 0 Å². The summed E-state index contributed by atoms with van der Waals surface area (Å²) < 4.78 is 5.55. The number of likely N-dealkylation sites (tertiary alicyclic amines) is 1. The van der Waals surface area contributed by atoms with Crippen molar-refractivity contribution in [2.45, 2.75) is 50.7 Å². The number of carbonyl (C=O) groups excluding carboxylic acids is 2. The first kappa shape index (κ1) is 15.7. The number of ether oxygens (including phenoxy) is 1. The van der Waals surface area contributed by atoms with Crippen LogP contribution in [-0.2, 0) is 14.3 Å². The van der Waals surface area contributed by atoms with Crippen LogP contribution in [0.5, 0.6) is 0 Å². The van der Waals surface area contributed by atoms with Gasteiger partial charge in [-0.1, -0.05) is 6.42 Å². The third kappa shape index (κ3) is 3.27. The third-order valence-electron chi connectivity index (χ3n) is 5.26. The molecule has 0 radical (unpaired) electrons. The minimum absolute atomic E-state index is 0.00245. The number of aliphatic hydroxyl groups excluding tert-OH is 1. The molecule has 3 atom stereocenters. The summed E-state index contributed by atoms with van der Waals surface area (Å²) in [6, 6.07) is -0.0429. The number of hydrogen-bond acceptors (Lipinski definition) is 4. The summed E-state index contributed by atoms with van der Waals surface area (Å²) in [5, 5.41) is 10.1. The van der Waals surface area contributed by atoms with E-state index in [4.69, 9.17) is 4.74 Å². The first-order valence-electron chi connectivity index (χ1n) is 8.50. The molecular weight excluding hydrogens is 284 g/mol. The average Bonchev–Trinajstić information content (AvgIpc) is 2.95. The van der Waals surface area contributed by atoms with Gasteiger partial charge in [-0.2, -0.15) is 0 Å². The highest BCUT2D eigenvalue weighted by atomic mass is 16.5. The van der Waals surface area contributed by atoms with Crippen LogP contribution in [0.15, 0.2) is 0 Å². The lowest BCUT2D eigenvalue weighted by atomic mass is 9.94. The molecule has 124 valence electrons. The van der Waals surface area contributed by atoms with E-state index in [-0.39, 0.29) is 36.4 Å². The Morgan fingerprint density at radius 3 is 2.82 bits per heavy atom. The summed E-state index contributed by atoms with van der Waals surface area (Å²) in [7, 11) is 0. The van der Waals surface area contributed by atoms with Crippen molar-refractivity contribution in [1.29, 1.82) is 0 Å². The first-order chi connectivity index (χ1) is 10.7. The molecule has 2 amide bonds. The average molecular weight is 310 g/mol. The minimum atomic E-state index is -0.335. The van der Waals surface area contributed by atoms with Gasteiger partial charge in [0.05, 0.1) is 31.9 Å². The Morgan fingerprint density at radius 2 is 2.09 bits per heavy atom. The van der Waals surface area contributed by atoms with Gasteiger partial charge in [-0.15, -0.1) is 0 Å². The summed E-state index contributed by atoms with van der Waals surface area (Å²) in [6.07, 6.45) is 4.90. The van der Waals surface area contributed by atoms with Gasteiger partial charge in [-0.25, -0.2) is 0 Å². The SMILES string of the molecule is O=C1CCCCN1CC(=O)N1CCOC[C@@H]1[C@H]1CCC[C@@H]1O. The van der Waals surface area contributed by atoms with Crippen LogP contribution in [0.4, 0.5) is 0 Å². The molecule has 0 bridgehead atoms. The molecular formula is C16H26N2O4. The molecule has 3 aliphatic rings. The summed E-state index contributed by atoms with van der Waals surface area (Å²) in [5.41, 5.74) is 0. The zero-order valence-electron chi connectivity index (χ0n) is 13.1. The summed E-state index contributed by atoms with van der Waals surface area (Å²) in [5.74, 6) is 0.203. The fourth-order valence-corrected chi connectivity index (χ4v) is 3.99. The summed E-state index contributed by atoms with van der Waals surface area (Å²) in [6.45, 7) is 2.47. The third-order valence-corrected chi connectivity index (χ3v) is 5.26. The van der Waals surface area contributed by atoms with E-state index in [1.54, 1.807) is 4.90 Å². The maximum Gasteiger partial charge on any atom is 0.242 e. The second-order valence-electron chi connectivity index (χ2n) is 6.66. The number of rotatable bonds is 3. The van der Waals surface area contributed by atoms with E-state index in [1.807, 2.05) is 4.90 Å². The number of hydrogen-bond donors (Lipinski definition) is 1. The highest BCUT2D eigenvalue weighted by molar-refractivity contribution is 5.85. The first-order valence-corrected chi connectivity index (χ1v) is 8.50. The van der Waals surface area contributed by atoms with Crippen molar-refractivity contribution in [3.8, 4) is 0 Å². The molecule has 0 aromatic carbocycles. The highest BCUT2D eigenvalue weighted by Gasteiger charge is 2.39. The fraction of sp³-hybridized carbons (Fsp3) is 0.875. The number of aliphatic hydroxyl groups is 1. The molecule has 1 aliphatic carbocycles. The van der Waals surface area contributed by atoms with Crippen LogP contribution >= 0.6 is 0 Å². The lowest BCUT2D eigenvalue weighted by molar-refractivity contribution is -0.150. The van der Waals surface area contributed by atoms with Gasteiger partial charge in [0.1, 0.15) is 0 Å². The zero-order chi connectivity index (χ0) is 15.5. The van der Waals surface area contributed by atoms with Crippen molar-refractivity contribution in [3.63, 3.8) is 0 Å². The number of carbonyl (C=O) groups is 2. The zero-order valence-corrected chi connectivity index (χ0v) is 13.1. The Hall–Kier alpha value is -1.14. The van der Waals surface area contributed by atoms with E-state index >= 15 is 0 Å². The van der Waals surface area contributed by atoms with Crippen molar-refractivity contribution in [3.05, 3.63) is 0 Å². The standard InChI is InChI=1S/C16H26N2O4/c19-14-5-3-4-12(14)13-11-22-9-8-18(13)16(21)10-17-7-2-1-6-15(17)20/h12-14,19H,1-11H2/t12-,13-,14+/m1/s1. The molecule has 6 heteroatoms. The van der Waals surface area contributed by atoms with E-state index in [9.17, 15) is 14.7 Å². The second-order valence-corrected chi connectivity index (χ2v) is 6.66. The number of piperidine rings is 1. The Labute approximate surface area is 131 Å². The second kappa shape index (κ2) is 6.96. The van der Waals surface area contributed by atoms with E-state index in [1.165, 1.54) is 0 Å². The highest BCUT2D eigenvalue weighted by Crippen LogP contribution is 2.32. The Kier molecular flexibility index (Phi) is 4.98. The van der Waals surface area contributed by atoms with Crippen LogP contribution in [-0.4, -0.2) is 71.7 Å². The maximum absolute atomic E-state index is 12.7. The molecule has 0 spiro atoms. The molecule has 2 heterocycles. The van der Waals surface area contributed by atoms with Crippen molar-refractivity contribution in [2.24, 2.45) is 5.92 Å². The van der Waals surface area contributed by atoms with Crippen LogP contribution in [0.1, 0.15) is 38.5 Å². The van der Waals surface area contributed by atoms with Gasteiger partial charge in [0, 0.05) is 25.4 Å². The summed E-state index contributed by atoms with van der Waals surface area (Å²) >= 11 is 0. The molecule has 2 saturated heterocycles. The van der Waals surface area contributed by atoms with Crippen LogP contribution in [0.2, 0.25) is 0 Å². The minimum Gasteiger partial charge on any atom is -0.393 e. The van der Waals surface area contributed by atoms with Crippen LogP contribution in [0.3, 0.4) is 0 Å². The molecule has 22 heavy (non-hydrogen) atoms. The molecule has 0 aromatic heterocycles. The molecule has 3 fully saturated rings. The largest absolute Gasteiger partial charge is 0.393 e. The predicted octanol–water partition coefficient (Wildman–Crippen LogP) is 0.387. The van der Waals surface area contributed by atoms with Crippen LogP contribution in [0.25, 0.3) is 0 Å². The Bertz CT molecular complexity index is 428. The fourth-order valence-electron chi connectivity index (χ4n) is 3.99. The van der Waals surface area contributed by atoms with E-state index in [0.717, 1.165) is 32.1 Å². The lowest BCUT2D eigenvalue weighted by Gasteiger charge is -2.41. The maximum atomic E-state index is 12.7. The quantitative estimate of drug-likeness (QED) is 0.818. The number of amides is 2. The van der Waals surface area contributed by atoms with Gasteiger partial charge in [-0.3, -0.25) is 9.59 Å². The molecule has 1 saturated carbocycles. The van der Waals surface area contributed by atoms with E-state index in [0.29, 0.717) is 32.7 Å². The van der Waals surface area contributed by atoms with Gasteiger partial charge < -0.3 is 19.6 Å². The Morgan fingerprint density at radius 1 is 1.23 bits per heavy atom. The van der Waals surface area contributed by atoms with Gasteiger partial charge in [-0.05, 0) is 25.7 Å².